The quantitative estimate of drug-likeness (QED) is 0.878. The summed E-state index contributed by atoms with van der Waals surface area (Å²) >= 11 is 0. The third-order valence-corrected chi connectivity index (χ3v) is 4.01. The number of nitrogens with one attached hydrogen (secondary N) is 1. The molecule has 1 radical (unpaired) electrons. The van der Waals surface area contributed by atoms with Crippen molar-refractivity contribution >= 4 is 0 Å². The summed E-state index contributed by atoms with van der Waals surface area (Å²) in [6.07, 6.45) is 3.54. The van der Waals surface area contributed by atoms with Gasteiger partial charge in [-0.25, -0.2) is 0 Å². The van der Waals surface area contributed by atoms with Gasteiger partial charge >= 0.3 is 0 Å². The highest BCUT2D eigenvalue weighted by Gasteiger charge is 2.17. The molecule has 2 aromatic rings. The molecule has 1 heteroatoms. The molecule has 1 nitrogen and oxygen atoms in total. The molecule has 1 aliphatic rings. The molecule has 97 valence electrons. The minimum Gasteiger partial charge on any atom is -0.317 e. The van der Waals surface area contributed by atoms with E-state index in [-0.39, 0.29) is 0 Å². The molecule has 0 saturated carbocycles. The molecule has 0 atom stereocenters. The Morgan fingerprint density at radius 2 is 1.84 bits per heavy atom. The first-order chi connectivity index (χ1) is 9.43. The Bertz CT molecular complexity index is 512. The van der Waals surface area contributed by atoms with E-state index in [2.05, 4.69) is 53.8 Å². The molecule has 19 heavy (non-hydrogen) atoms. The normalized spacial score (nSPS) is 16.4. The summed E-state index contributed by atoms with van der Waals surface area (Å²) in [6.45, 7) is 2.29. The highest BCUT2D eigenvalue weighted by Crippen LogP contribution is 2.29. The van der Waals surface area contributed by atoms with Crippen LogP contribution in [0.1, 0.15) is 35.4 Å². The number of hydrogen-bond acceptors (Lipinski definition) is 1. The molecule has 2 aromatic carbocycles. The first-order valence-electron chi connectivity index (χ1n) is 7.17. The minimum atomic E-state index is 0.706. The van der Waals surface area contributed by atoms with Crippen molar-refractivity contribution in [1.29, 1.82) is 0 Å². The second-order valence-corrected chi connectivity index (χ2v) is 5.31. The highest BCUT2D eigenvalue weighted by atomic mass is 14.9. The second kappa shape index (κ2) is 6.03. The summed E-state index contributed by atoms with van der Waals surface area (Å²) in [5, 5.41) is 3.44. The largest absolute Gasteiger partial charge is 0.317 e. The van der Waals surface area contributed by atoms with E-state index < -0.39 is 0 Å². The Labute approximate surface area is 115 Å². The average Bonchev–Trinajstić information content (AvgIpc) is 2.50. The van der Waals surface area contributed by atoms with Crippen molar-refractivity contribution in [3.8, 4) is 0 Å². The van der Waals surface area contributed by atoms with Gasteiger partial charge in [0.1, 0.15) is 0 Å². The lowest BCUT2D eigenvalue weighted by Crippen LogP contribution is -2.27. The molecule has 0 spiro atoms. The van der Waals surface area contributed by atoms with Gasteiger partial charge in [0.15, 0.2) is 0 Å². The predicted octanol–water partition coefficient (Wildman–Crippen LogP) is 3.54. The fourth-order valence-electron chi connectivity index (χ4n) is 2.97. The molecule has 3 rings (SSSR count). The predicted molar refractivity (Wildman–Crippen MR) is 79.4 cm³/mol. The first-order valence-corrected chi connectivity index (χ1v) is 7.17. The van der Waals surface area contributed by atoms with Gasteiger partial charge < -0.3 is 5.32 Å². The second-order valence-electron chi connectivity index (χ2n) is 5.31. The zero-order valence-electron chi connectivity index (χ0n) is 11.2. The lowest BCUT2D eigenvalue weighted by atomic mass is 9.85. The van der Waals surface area contributed by atoms with Crippen LogP contribution in [0.2, 0.25) is 0 Å². The topological polar surface area (TPSA) is 12.0 Å². The monoisotopic (exact) mass is 250 g/mol. The van der Waals surface area contributed by atoms with Crippen molar-refractivity contribution in [2.24, 2.45) is 0 Å². The Hall–Kier alpha value is -1.60. The van der Waals surface area contributed by atoms with Crippen LogP contribution >= 0.6 is 0 Å². The van der Waals surface area contributed by atoms with Gasteiger partial charge in [-0.05, 0) is 61.0 Å². The third kappa shape index (κ3) is 3.05. The van der Waals surface area contributed by atoms with Gasteiger partial charge in [0.25, 0.3) is 0 Å². The van der Waals surface area contributed by atoms with E-state index in [0.717, 1.165) is 19.5 Å². The van der Waals surface area contributed by atoms with Crippen molar-refractivity contribution in [2.45, 2.75) is 25.2 Å². The maximum atomic E-state index is 3.44. The molecule has 1 fully saturated rings. The number of rotatable bonds is 3. The summed E-state index contributed by atoms with van der Waals surface area (Å²) in [4.78, 5) is 0. The van der Waals surface area contributed by atoms with Crippen molar-refractivity contribution in [2.75, 3.05) is 13.1 Å². The van der Waals surface area contributed by atoms with E-state index in [9.17, 15) is 0 Å². The van der Waals surface area contributed by atoms with E-state index >= 15 is 0 Å². The SMILES string of the molecule is [c]1ccc(Cc2ccccc2)c(C2CCNCC2)c1. The van der Waals surface area contributed by atoms with Crippen LogP contribution in [0.15, 0.2) is 48.5 Å². The van der Waals surface area contributed by atoms with Crippen molar-refractivity contribution in [3.05, 3.63) is 71.3 Å². The fourth-order valence-corrected chi connectivity index (χ4v) is 2.97. The summed E-state index contributed by atoms with van der Waals surface area (Å²) in [5.74, 6) is 0.706. The highest BCUT2D eigenvalue weighted by molar-refractivity contribution is 5.35. The maximum absolute atomic E-state index is 3.44. The molecule has 0 bridgehead atoms. The number of benzene rings is 2. The van der Waals surface area contributed by atoms with Crippen LogP contribution < -0.4 is 5.32 Å². The van der Waals surface area contributed by atoms with Crippen LogP contribution in [0.4, 0.5) is 0 Å². The van der Waals surface area contributed by atoms with Crippen LogP contribution in [0.5, 0.6) is 0 Å². The molecular weight excluding hydrogens is 230 g/mol. The van der Waals surface area contributed by atoms with Gasteiger partial charge in [0.05, 0.1) is 0 Å². The minimum absolute atomic E-state index is 0.706. The van der Waals surface area contributed by atoms with Crippen LogP contribution in [-0.2, 0) is 6.42 Å². The zero-order valence-corrected chi connectivity index (χ0v) is 11.2. The van der Waals surface area contributed by atoms with E-state index in [1.54, 1.807) is 0 Å². The van der Waals surface area contributed by atoms with Gasteiger partial charge in [0.2, 0.25) is 0 Å². The summed E-state index contributed by atoms with van der Waals surface area (Å²) in [7, 11) is 0. The van der Waals surface area contributed by atoms with E-state index in [1.807, 2.05) is 6.07 Å². The van der Waals surface area contributed by atoms with Crippen LogP contribution in [0.3, 0.4) is 0 Å². The lowest BCUT2D eigenvalue weighted by molar-refractivity contribution is 0.458. The van der Waals surface area contributed by atoms with Gasteiger partial charge in [0, 0.05) is 0 Å². The third-order valence-electron chi connectivity index (χ3n) is 4.01. The van der Waals surface area contributed by atoms with E-state index in [0.29, 0.717) is 5.92 Å². The van der Waals surface area contributed by atoms with Gasteiger partial charge in [-0.2, -0.15) is 0 Å². The van der Waals surface area contributed by atoms with Crippen molar-refractivity contribution in [3.63, 3.8) is 0 Å². The molecule has 0 unspecified atom stereocenters. The molecule has 0 aromatic heterocycles. The Morgan fingerprint density at radius 3 is 2.63 bits per heavy atom. The molecule has 1 saturated heterocycles. The number of hydrogen-bond donors (Lipinski definition) is 1. The molecule has 1 N–H and O–H groups in total. The zero-order chi connectivity index (χ0) is 12.9. The molecule has 0 aliphatic carbocycles. The maximum Gasteiger partial charge on any atom is -0.00229 e. The van der Waals surface area contributed by atoms with Gasteiger partial charge in [-0.1, -0.05) is 48.5 Å². The smallest absolute Gasteiger partial charge is 0.00229 e. The molecule has 0 amide bonds. The van der Waals surface area contributed by atoms with Crippen molar-refractivity contribution in [1.82, 2.24) is 5.32 Å². The Kier molecular flexibility index (Phi) is 3.95. The first kappa shape index (κ1) is 12.4. The van der Waals surface area contributed by atoms with E-state index in [1.165, 1.54) is 29.5 Å². The lowest BCUT2D eigenvalue weighted by Gasteiger charge is -2.25. The summed E-state index contributed by atoms with van der Waals surface area (Å²) < 4.78 is 0. The van der Waals surface area contributed by atoms with Crippen LogP contribution in [0, 0.1) is 6.07 Å². The molecule has 1 heterocycles. The number of piperidine rings is 1. The van der Waals surface area contributed by atoms with E-state index in [4.69, 9.17) is 0 Å². The Morgan fingerprint density at radius 1 is 1.05 bits per heavy atom. The Balaban J connectivity index is 1.84. The van der Waals surface area contributed by atoms with Crippen molar-refractivity contribution < 1.29 is 0 Å². The van der Waals surface area contributed by atoms with Gasteiger partial charge in [-0.15, -0.1) is 0 Å². The van der Waals surface area contributed by atoms with Gasteiger partial charge in [-0.3, -0.25) is 0 Å². The summed E-state index contributed by atoms with van der Waals surface area (Å²) in [6, 6.07) is 20.5. The standard InChI is InChI=1S/C18H20N/c1-2-6-15(7-3-1)14-17-8-4-5-9-18(17)16-10-12-19-13-11-16/h1-4,6-9,16,19H,10-14H2. The molecular formula is C18H20N. The fraction of sp³-hybridized carbons (Fsp3) is 0.333. The van der Waals surface area contributed by atoms with Crippen LogP contribution in [-0.4, -0.2) is 13.1 Å². The summed E-state index contributed by atoms with van der Waals surface area (Å²) in [5.41, 5.74) is 4.37. The molecule has 1 aliphatic heterocycles. The van der Waals surface area contributed by atoms with Crippen LogP contribution in [0.25, 0.3) is 0 Å². The average molecular weight is 250 g/mol.